The van der Waals surface area contributed by atoms with Crippen LogP contribution in [0.25, 0.3) is 0 Å². The van der Waals surface area contributed by atoms with Gasteiger partial charge in [-0.15, -0.1) is 0 Å². The SMILES string of the molecule is CCCC(=O)Nc1ccc(S(=O)(=O)Nc2ccc3c(c2)CCC(=O)N3C)cc1. The zero-order chi connectivity index (χ0) is 20.3. The minimum atomic E-state index is -3.76. The summed E-state index contributed by atoms with van der Waals surface area (Å²) in [6, 6.07) is 11.2. The van der Waals surface area contributed by atoms with E-state index in [1.165, 1.54) is 12.1 Å². The van der Waals surface area contributed by atoms with E-state index in [0.717, 1.165) is 17.7 Å². The molecule has 0 saturated heterocycles. The fourth-order valence-electron chi connectivity index (χ4n) is 3.10. The van der Waals surface area contributed by atoms with Crippen LogP contribution in [-0.4, -0.2) is 27.3 Å². The first-order valence-corrected chi connectivity index (χ1v) is 10.6. The quantitative estimate of drug-likeness (QED) is 0.777. The van der Waals surface area contributed by atoms with Crippen LogP contribution < -0.4 is 14.9 Å². The molecule has 2 amide bonds. The summed E-state index contributed by atoms with van der Waals surface area (Å²) in [7, 11) is -2.05. The molecular weight excluding hydrogens is 378 g/mol. The number of nitrogens with zero attached hydrogens (tertiary/aromatic N) is 1. The van der Waals surface area contributed by atoms with Gasteiger partial charge in [-0.25, -0.2) is 8.42 Å². The third-order valence-electron chi connectivity index (χ3n) is 4.60. The fraction of sp³-hybridized carbons (Fsp3) is 0.300. The maximum atomic E-state index is 12.7. The maximum Gasteiger partial charge on any atom is 0.261 e. The molecule has 2 aromatic carbocycles. The van der Waals surface area contributed by atoms with Gasteiger partial charge < -0.3 is 10.2 Å². The summed E-state index contributed by atoms with van der Waals surface area (Å²) in [6.45, 7) is 1.91. The van der Waals surface area contributed by atoms with Gasteiger partial charge in [-0.2, -0.15) is 0 Å². The molecule has 2 N–H and O–H groups in total. The third-order valence-corrected chi connectivity index (χ3v) is 6.00. The maximum absolute atomic E-state index is 12.7. The molecule has 0 aliphatic carbocycles. The number of rotatable bonds is 6. The van der Waals surface area contributed by atoms with E-state index >= 15 is 0 Å². The van der Waals surface area contributed by atoms with Gasteiger partial charge >= 0.3 is 0 Å². The average Bonchev–Trinajstić information content (AvgIpc) is 2.65. The first kappa shape index (κ1) is 19.9. The molecule has 28 heavy (non-hydrogen) atoms. The molecule has 0 atom stereocenters. The molecular formula is C20H23N3O4S. The van der Waals surface area contributed by atoms with Gasteiger partial charge in [0.15, 0.2) is 0 Å². The standard InChI is InChI=1S/C20H23N3O4S/c1-3-4-19(24)21-15-6-9-17(10-7-15)28(26,27)22-16-8-11-18-14(13-16)5-12-20(25)23(18)2/h6-11,13,22H,3-5,12H2,1-2H3,(H,21,24). The lowest BCUT2D eigenvalue weighted by molar-refractivity contribution is -0.118. The summed E-state index contributed by atoms with van der Waals surface area (Å²) in [5, 5.41) is 2.73. The zero-order valence-electron chi connectivity index (χ0n) is 15.9. The molecule has 7 nitrogen and oxygen atoms in total. The van der Waals surface area contributed by atoms with Gasteiger partial charge in [0.1, 0.15) is 0 Å². The second kappa shape index (κ2) is 8.02. The third kappa shape index (κ3) is 4.33. The summed E-state index contributed by atoms with van der Waals surface area (Å²) < 4.78 is 27.9. The van der Waals surface area contributed by atoms with Gasteiger partial charge in [-0.05, 0) is 60.9 Å². The highest BCUT2D eigenvalue weighted by Crippen LogP contribution is 2.30. The van der Waals surface area contributed by atoms with Gasteiger partial charge in [0, 0.05) is 37.0 Å². The van der Waals surface area contributed by atoms with E-state index in [-0.39, 0.29) is 16.7 Å². The molecule has 148 valence electrons. The van der Waals surface area contributed by atoms with E-state index in [2.05, 4.69) is 10.0 Å². The van der Waals surface area contributed by atoms with Crippen molar-refractivity contribution in [2.45, 2.75) is 37.5 Å². The van der Waals surface area contributed by atoms with Gasteiger partial charge in [0.25, 0.3) is 10.0 Å². The van der Waals surface area contributed by atoms with Gasteiger partial charge in [-0.1, -0.05) is 6.92 Å². The minimum Gasteiger partial charge on any atom is -0.326 e. The molecule has 0 saturated carbocycles. The number of hydrogen-bond acceptors (Lipinski definition) is 4. The van der Waals surface area contributed by atoms with Crippen molar-refractivity contribution in [2.24, 2.45) is 0 Å². The van der Waals surface area contributed by atoms with Crippen molar-refractivity contribution in [1.29, 1.82) is 0 Å². The first-order valence-electron chi connectivity index (χ1n) is 9.12. The number of fused-ring (bicyclic) bond motifs is 1. The van der Waals surface area contributed by atoms with E-state index in [4.69, 9.17) is 0 Å². The molecule has 0 fully saturated rings. The molecule has 1 aliphatic rings. The van der Waals surface area contributed by atoms with Crippen LogP contribution in [0.4, 0.5) is 17.1 Å². The van der Waals surface area contributed by atoms with Crippen molar-refractivity contribution < 1.29 is 18.0 Å². The second-order valence-electron chi connectivity index (χ2n) is 6.72. The molecule has 0 unspecified atom stereocenters. The largest absolute Gasteiger partial charge is 0.326 e. The first-order chi connectivity index (χ1) is 13.3. The van der Waals surface area contributed by atoms with Crippen molar-refractivity contribution in [2.75, 3.05) is 22.0 Å². The average molecular weight is 401 g/mol. The Bertz CT molecular complexity index is 1000. The van der Waals surface area contributed by atoms with Crippen LogP contribution in [0, 0.1) is 0 Å². The lowest BCUT2D eigenvalue weighted by atomic mass is 10.0. The molecule has 0 aromatic heterocycles. The lowest BCUT2D eigenvalue weighted by Gasteiger charge is -2.26. The van der Waals surface area contributed by atoms with Gasteiger partial charge in [0.2, 0.25) is 11.8 Å². The Morgan fingerprint density at radius 1 is 1.07 bits per heavy atom. The van der Waals surface area contributed by atoms with E-state index in [9.17, 15) is 18.0 Å². The number of anilines is 3. The Morgan fingerprint density at radius 2 is 1.75 bits per heavy atom. The van der Waals surface area contributed by atoms with Gasteiger partial charge in [-0.3, -0.25) is 14.3 Å². The number of benzene rings is 2. The molecule has 3 rings (SSSR count). The molecule has 0 bridgehead atoms. The van der Waals surface area contributed by atoms with Crippen molar-refractivity contribution in [3.05, 3.63) is 48.0 Å². The number of amides is 2. The van der Waals surface area contributed by atoms with E-state index in [0.29, 0.717) is 30.6 Å². The molecule has 2 aromatic rings. The Morgan fingerprint density at radius 3 is 2.43 bits per heavy atom. The van der Waals surface area contributed by atoms with Crippen LogP contribution in [0.2, 0.25) is 0 Å². The van der Waals surface area contributed by atoms with Crippen molar-refractivity contribution >= 4 is 38.9 Å². The summed E-state index contributed by atoms with van der Waals surface area (Å²) in [4.78, 5) is 25.1. The molecule has 1 heterocycles. The monoisotopic (exact) mass is 401 g/mol. The van der Waals surface area contributed by atoms with Crippen molar-refractivity contribution in [3.8, 4) is 0 Å². The fourth-order valence-corrected chi connectivity index (χ4v) is 4.15. The molecule has 0 spiro atoms. The highest BCUT2D eigenvalue weighted by molar-refractivity contribution is 7.92. The summed E-state index contributed by atoms with van der Waals surface area (Å²) >= 11 is 0. The number of nitrogens with one attached hydrogen (secondary N) is 2. The van der Waals surface area contributed by atoms with E-state index in [1.54, 1.807) is 42.3 Å². The van der Waals surface area contributed by atoms with Crippen LogP contribution in [0.15, 0.2) is 47.4 Å². The van der Waals surface area contributed by atoms with Crippen molar-refractivity contribution in [1.82, 2.24) is 0 Å². The van der Waals surface area contributed by atoms with Crippen LogP contribution in [-0.2, 0) is 26.0 Å². The highest BCUT2D eigenvalue weighted by Gasteiger charge is 2.22. The summed E-state index contributed by atoms with van der Waals surface area (Å²) in [5.41, 5.74) is 2.73. The smallest absolute Gasteiger partial charge is 0.261 e. The number of hydrogen-bond donors (Lipinski definition) is 2. The van der Waals surface area contributed by atoms with Crippen LogP contribution >= 0.6 is 0 Å². The Kier molecular flexibility index (Phi) is 5.69. The van der Waals surface area contributed by atoms with E-state index < -0.39 is 10.0 Å². The van der Waals surface area contributed by atoms with Crippen LogP contribution in [0.3, 0.4) is 0 Å². The Hall–Kier alpha value is -2.87. The zero-order valence-corrected chi connectivity index (χ0v) is 16.7. The summed E-state index contributed by atoms with van der Waals surface area (Å²) in [5.74, 6) is -0.0549. The topological polar surface area (TPSA) is 95.6 Å². The molecule has 1 aliphatic heterocycles. The van der Waals surface area contributed by atoms with Crippen LogP contribution in [0.5, 0.6) is 0 Å². The number of aryl methyl sites for hydroxylation is 1. The Labute approximate surface area is 164 Å². The predicted molar refractivity (Wildman–Crippen MR) is 109 cm³/mol. The Balaban J connectivity index is 1.75. The number of carbonyl (C=O) groups is 2. The van der Waals surface area contributed by atoms with Gasteiger partial charge in [0.05, 0.1) is 4.90 Å². The second-order valence-corrected chi connectivity index (χ2v) is 8.41. The molecule has 0 radical (unpaired) electrons. The minimum absolute atomic E-state index is 0.0481. The lowest BCUT2D eigenvalue weighted by Crippen LogP contribution is -2.31. The predicted octanol–water partition coefficient (Wildman–Crippen LogP) is 3.14. The summed E-state index contributed by atoms with van der Waals surface area (Å²) in [6.07, 6.45) is 2.15. The molecule has 8 heteroatoms. The number of sulfonamides is 1. The van der Waals surface area contributed by atoms with Crippen molar-refractivity contribution in [3.63, 3.8) is 0 Å². The normalized spacial score (nSPS) is 13.8. The van der Waals surface area contributed by atoms with Crippen LogP contribution in [0.1, 0.15) is 31.7 Å². The van der Waals surface area contributed by atoms with E-state index in [1.807, 2.05) is 6.92 Å². The highest BCUT2D eigenvalue weighted by atomic mass is 32.2. The number of carbonyl (C=O) groups excluding carboxylic acids is 2.